The van der Waals surface area contributed by atoms with Gasteiger partial charge in [-0.1, -0.05) is 25.7 Å². The SMILES string of the molecule is [CH]1CCN1C1CCCCCC1. The number of likely N-dealkylation sites (tertiary alicyclic amines) is 1. The fraction of sp³-hybridized carbons (Fsp3) is 0.900. The second-order valence-electron chi connectivity index (χ2n) is 3.85. The Bertz CT molecular complexity index is 110. The third-order valence-corrected chi connectivity index (χ3v) is 3.04. The van der Waals surface area contributed by atoms with Crippen molar-refractivity contribution in [3.8, 4) is 0 Å². The molecule has 0 N–H and O–H groups in total. The zero-order valence-electron chi connectivity index (χ0n) is 7.26. The minimum absolute atomic E-state index is 0.922. The molecule has 0 atom stereocenters. The highest BCUT2D eigenvalue weighted by atomic mass is 15.2. The molecule has 1 saturated carbocycles. The third kappa shape index (κ3) is 1.76. The van der Waals surface area contributed by atoms with E-state index in [1.807, 2.05) is 0 Å². The predicted octanol–water partition coefficient (Wildman–Crippen LogP) is 2.58. The summed E-state index contributed by atoms with van der Waals surface area (Å²) in [5, 5.41) is 0. The van der Waals surface area contributed by atoms with Crippen molar-refractivity contribution in [2.45, 2.75) is 51.0 Å². The standard InChI is InChI=1S/C10H18N/c1-2-4-7-10(6-3-1)11-8-5-9-11/h8,10H,1-7,9H2. The van der Waals surface area contributed by atoms with Crippen LogP contribution in [0.3, 0.4) is 0 Å². The molecule has 2 rings (SSSR count). The van der Waals surface area contributed by atoms with E-state index in [4.69, 9.17) is 0 Å². The molecule has 0 aromatic heterocycles. The molecule has 0 aromatic rings. The third-order valence-electron chi connectivity index (χ3n) is 3.04. The van der Waals surface area contributed by atoms with Gasteiger partial charge < -0.3 is 0 Å². The van der Waals surface area contributed by atoms with Gasteiger partial charge in [-0.05, 0) is 19.3 Å². The maximum absolute atomic E-state index is 2.56. The minimum atomic E-state index is 0.922. The molecule has 1 aliphatic carbocycles. The van der Waals surface area contributed by atoms with E-state index in [1.54, 1.807) is 0 Å². The van der Waals surface area contributed by atoms with Crippen LogP contribution in [0.1, 0.15) is 44.9 Å². The number of rotatable bonds is 1. The maximum atomic E-state index is 2.56. The second kappa shape index (κ2) is 3.57. The molecule has 0 amide bonds. The monoisotopic (exact) mass is 152 g/mol. The maximum Gasteiger partial charge on any atom is 0.0267 e. The zero-order chi connectivity index (χ0) is 7.52. The van der Waals surface area contributed by atoms with Crippen molar-refractivity contribution in [1.82, 2.24) is 4.90 Å². The second-order valence-corrected chi connectivity index (χ2v) is 3.85. The van der Waals surface area contributed by atoms with Crippen molar-refractivity contribution in [2.75, 3.05) is 6.54 Å². The van der Waals surface area contributed by atoms with Gasteiger partial charge in [0.1, 0.15) is 0 Å². The molecule has 0 aromatic carbocycles. The quantitative estimate of drug-likeness (QED) is 0.522. The summed E-state index contributed by atoms with van der Waals surface area (Å²) >= 11 is 0. The smallest absolute Gasteiger partial charge is 0.0267 e. The van der Waals surface area contributed by atoms with Crippen molar-refractivity contribution in [3.05, 3.63) is 6.54 Å². The molecule has 2 fully saturated rings. The lowest BCUT2D eigenvalue weighted by Gasteiger charge is -2.37. The fourth-order valence-electron chi connectivity index (χ4n) is 2.20. The van der Waals surface area contributed by atoms with Crippen LogP contribution in [0.5, 0.6) is 0 Å². The summed E-state index contributed by atoms with van der Waals surface area (Å²) in [7, 11) is 0. The molecule has 63 valence electrons. The van der Waals surface area contributed by atoms with E-state index in [1.165, 1.54) is 51.5 Å². The van der Waals surface area contributed by atoms with Gasteiger partial charge in [-0.2, -0.15) is 0 Å². The molecule has 1 heterocycles. The predicted molar refractivity (Wildman–Crippen MR) is 47.1 cm³/mol. The lowest BCUT2D eigenvalue weighted by molar-refractivity contribution is 0.157. The van der Waals surface area contributed by atoms with Crippen molar-refractivity contribution >= 4 is 0 Å². The molecule has 2 aliphatic rings. The van der Waals surface area contributed by atoms with E-state index in [-0.39, 0.29) is 0 Å². The van der Waals surface area contributed by atoms with Gasteiger partial charge in [-0.3, -0.25) is 4.90 Å². The Morgan fingerprint density at radius 1 is 1.00 bits per heavy atom. The number of hydrogen-bond donors (Lipinski definition) is 0. The van der Waals surface area contributed by atoms with Gasteiger partial charge in [-0.15, -0.1) is 0 Å². The van der Waals surface area contributed by atoms with Crippen molar-refractivity contribution in [1.29, 1.82) is 0 Å². The highest BCUT2D eigenvalue weighted by molar-refractivity contribution is 4.87. The average Bonchev–Trinajstić information content (AvgIpc) is 2.12. The van der Waals surface area contributed by atoms with Crippen LogP contribution < -0.4 is 0 Å². The molecule has 1 heteroatoms. The summed E-state index contributed by atoms with van der Waals surface area (Å²) in [6, 6.07) is 0.922. The summed E-state index contributed by atoms with van der Waals surface area (Å²) in [5.74, 6) is 0. The Hall–Kier alpha value is -0.0400. The Balaban J connectivity index is 1.80. The van der Waals surface area contributed by atoms with Crippen molar-refractivity contribution < 1.29 is 0 Å². The van der Waals surface area contributed by atoms with E-state index >= 15 is 0 Å². The van der Waals surface area contributed by atoms with Gasteiger partial charge in [0.25, 0.3) is 0 Å². The molecular formula is C10H18N. The van der Waals surface area contributed by atoms with Gasteiger partial charge in [0.2, 0.25) is 0 Å². The summed E-state index contributed by atoms with van der Waals surface area (Å²) in [5.41, 5.74) is 0. The summed E-state index contributed by atoms with van der Waals surface area (Å²) in [6.07, 6.45) is 10.1. The zero-order valence-corrected chi connectivity index (χ0v) is 7.26. The summed E-state index contributed by atoms with van der Waals surface area (Å²) in [6.45, 7) is 3.72. The lowest BCUT2D eigenvalue weighted by Crippen LogP contribution is -2.40. The Morgan fingerprint density at radius 2 is 1.64 bits per heavy atom. The van der Waals surface area contributed by atoms with E-state index in [0.29, 0.717) is 0 Å². The lowest BCUT2D eigenvalue weighted by atomic mass is 10.0. The van der Waals surface area contributed by atoms with Crippen LogP contribution in [-0.4, -0.2) is 17.5 Å². The van der Waals surface area contributed by atoms with E-state index in [2.05, 4.69) is 11.4 Å². The Kier molecular flexibility index (Phi) is 2.47. The molecule has 1 aliphatic heterocycles. The average molecular weight is 152 g/mol. The Morgan fingerprint density at radius 3 is 2.09 bits per heavy atom. The molecule has 1 nitrogen and oxygen atoms in total. The molecular weight excluding hydrogens is 134 g/mol. The van der Waals surface area contributed by atoms with E-state index in [0.717, 1.165) is 6.04 Å². The molecule has 1 saturated heterocycles. The molecule has 1 radical (unpaired) electrons. The van der Waals surface area contributed by atoms with Gasteiger partial charge >= 0.3 is 0 Å². The first-order chi connectivity index (χ1) is 5.47. The fourth-order valence-corrected chi connectivity index (χ4v) is 2.20. The number of nitrogens with zero attached hydrogens (tertiary/aromatic N) is 1. The van der Waals surface area contributed by atoms with E-state index < -0.39 is 0 Å². The van der Waals surface area contributed by atoms with Crippen LogP contribution in [-0.2, 0) is 0 Å². The first-order valence-corrected chi connectivity index (χ1v) is 5.06. The molecule has 0 bridgehead atoms. The highest BCUT2D eigenvalue weighted by Gasteiger charge is 2.24. The van der Waals surface area contributed by atoms with Gasteiger partial charge in [-0.25, -0.2) is 0 Å². The van der Waals surface area contributed by atoms with Crippen LogP contribution >= 0.6 is 0 Å². The highest BCUT2D eigenvalue weighted by Crippen LogP contribution is 2.26. The molecule has 0 unspecified atom stereocenters. The Labute approximate surface area is 69.8 Å². The van der Waals surface area contributed by atoms with Gasteiger partial charge in [0, 0.05) is 19.1 Å². The molecule has 0 spiro atoms. The van der Waals surface area contributed by atoms with Crippen LogP contribution in [0.2, 0.25) is 0 Å². The summed E-state index contributed by atoms with van der Waals surface area (Å²) < 4.78 is 0. The first kappa shape index (κ1) is 7.60. The first-order valence-electron chi connectivity index (χ1n) is 5.06. The van der Waals surface area contributed by atoms with Gasteiger partial charge in [0.05, 0.1) is 0 Å². The minimum Gasteiger partial charge on any atom is -0.296 e. The van der Waals surface area contributed by atoms with Crippen molar-refractivity contribution in [2.24, 2.45) is 0 Å². The summed E-state index contributed by atoms with van der Waals surface area (Å²) in [4.78, 5) is 2.56. The number of hydrogen-bond acceptors (Lipinski definition) is 1. The van der Waals surface area contributed by atoms with Crippen molar-refractivity contribution in [3.63, 3.8) is 0 Å². The topological polar surface area (TPSA) is 3.24 Å². The van der Waals surface area contributed by atoms with Crippen LogP contribution in [0.25, 0.3) is 0 Å². The van der Waals surface area contributed by atoms with E-state index in [9.17, 15) is 0 Å². The largest absolute Gasteiger partial charge is 0.296 e. The molecule has 11 heavy (non-hydrogen) atoms. The van der Waals surface area contributed by atoms with Gasteiger partial charge in [0.15, 0.2) is 0 Å². The van der Waals surface area contributed by atoms with Crippen LogP contribution in [0.4, 0.5) is 0 Å². The van der Waals surface area contributed by atoms with Crippen LogP contribution in [0.15, 0.2) is 0 Å². The normalized spacial score (nSPS) is 29.5. The van der Waals surface area contributed by atoms with Crippen LogP contribution in [0, 0.1) is 6.54 Å².